The minimum Gasteiger partial charge on any atom is -0.497 e. The molecular formula is C14H16N2O3S. The standard InChI is InChI=1S/C14H16N2O3S/c1-16-13(8-12(15-16)14(17)19-3)20-9-10-4-6-11(18-2)7-5-10/h4-8H,9H2,1-3H3. The second-order valence-electron chi connectivity index (χ2n) is 4.12. The molecule has 0 aliphatic heterocycles. The van der Waals surface area contributed by atoms with E-state index in [4.69, 9.17) is 4.74 Å². The molecule has 2 aromatic rings. The first kappa shape index (κ1) is 14.5. The second kappa shape index (κ2) is 6.47. The van der Waals surface area contributed by atoms with Gasteiger partial charge in [-0.15, -0.1) is 11.8 Å². The summed E-state index contributed by atoms with van der Waals surface area (Å²) in [5.41, 5.74) is 1.50. The number of aromatic nitrogens is 2. The molecule has 20 heavy (non-hydrogen) atoms. The summed E-state index contributed by atoms with van der Waals surface area (Å²) >= 11 is 1.61. The highest BCUT2D eigenvalue weighted by Gasteiger charge is 2.13. The predicted octanol–water partition coefficient (Wildman–Crippen LogP) is 2.51. The lowest BCUT2D eigenvalue weighted by atomic mass is 10.2. The Hall–Kier alpha value is -1.95. The molecule has 0 atom stereocenters. The summed E-state index contributed by atoms with van der Waals surface area (Å²) in [7, 11) is 4.80. The molecule has 106 valence electrons. The minimum atomic E-state index is -0.420. The number of thioether (sulfide) groups is 1. The monoisotopic (exact) mass is 292 g/mol. The number of rotatable bonds is 5. The fourth-order valence-electron chi connectivity index (χ4n) is 1.67. The van der Waals surface area contributed by atoms with Crippen molar-refractivity contribution in [2.75, 3.05) is 14.2 Å². The number of hydrogen-bond donors (Lipinski definition) is 0. The minimum absolute atomic E-state index is 0.326. The van der Waals surface area contributed by atoms with Gasteiger partial charge in [-0.2, -0.15) is 5.10 Å². The maximum Gasteiger partial charge on any atom is 0.358 e. The number of benzene rings is 1. The van der Waals surface area contributed by atoms with Gasteiger partial charge in [0.1, 0.15) is 5.75 Å². The molecule has 0 amide bonds. The number of aryl methyl sites for hydroxylation is 1. The van der Waals surface area contributed by atoms with Crippen LogP contribution in [0.5, 0.6) is 5.75 Å². The number of carbonyl (C=O) groups excluding carboxylic acids is 1. The molecule has 0 unspecified atom stereocenters. The second-order valence-corrected chi connectivity index (χ2v) is 5.12. The van der Waals surface area contributed by atoms with Crippen molar-refractivity contribution in [1.82, 2.24) is 9.78 Å². The van der Waals surface area contributed by atoms with E-state index in [1.807, 2.05) is 31.3 Å². The van der Waals surface area contributed by atoms with E-state index in [0.717, 1.165) is 16.5 Å². The van der Waals surface area contributed by atoms with Crippen molar-refractivity contribution in [3.63, 3.8) is 0 Å². The average molecular weight is 292 g/mol. The lowest BCUT2D eigenvalue weighted by Gasteiger charge is -2.03. The van der Waals surface area contributed by atoms with E-state index in [1.54, 1.807) is 29.6 Å². The number of nitrogens with zero attached hydrogens (tertiary/aromatic N) is 2. The predicted molar refractivity (Wildman–Crippen MR) is 77.1 cm³/mol. The third kappa shape index (κ3) is 3.33. The van der Waals surface area contributed by atoms with Crippen LogP contribution in [0.4, 0.5) is 0 Å². The Morgan fingerprint density at radius 2 is 2.00 bits per heavy atom. The SMILES string of the molecule is COC(=O)c1cc(SCc2ccc(OC)cc2)n(C)n1. The van der Waals surface area contributed by atoms with Gasteiger partial charge in [0, 0.05) is 18.9 Å². The van der Waals surface area contributed by atoms with Crippen LogP contribution in [0.2, 0.25) is 0 Å². The Labute approximate surface area is 121 Å². The smallest absolute Gasteiger partial charge is 0.358 e. The number of hydrogen-bond acceptors (Lipinski definition) is 5. The molecule has 0 spiro atoms. The number of methoxy groups -OCH3 is 2. The molecule has 0 saturated carbocycles. The van der Waals surface area contributed by atoms with Crippen molar-refractivity contribution in [3.05, 3.63) is 41.6 Å². The van der Waals surface area contributed by atoms with Gasteiger partial charge in [0.15, 0.2) is 5.69 Å². The van der Waals surface area contributed by atoms with Crippen molar-refractivity contribution >= 4 is 17.7 Å². The summed E-state index contributed by atoms with van der Waals surface area (Å²) in [6, 6.07) is 9.63. The van der Waals surface area contributed by atoms with Gasteiger partial charge in [-0.1, -0.05) is 12.1 Å². The Balaban J connectivity index is 2.02. The highest BCUT2D eigenvalue weighted by atomic mass is 32.2. The van der Waals surface area contributed by atoms with E-state index in [1.165, 1.54) is 12.7 Å². The molecule has 0 aliphatic rings. The molecule has 2 rings (SSSR count). The van der Waals surface area contributed by atoms with Crippen LogP contribution in [0, 0.1) is 0 Å². The zero-order valence-corrected chi connectivity index (χ0v) is 12.4. The van der Waals surface area contributed by atoms with Gasteiger partial charge in [-0.3, -0.25) is 4.68 Å². The van der Waals surface area contributed by atoms with Gasteiger partial charge in [0.05, 0.1) is 19.2 Å². The van der Waals surface area contributed by atoms with Gasteiger partial charge in [0.25, 0.3) is 0 Å². The van der Waals surface area contributed by atoms with Crippen LogP contribution in [0.15, 0.2) is 35.4 Å². The summed E-state index contributed by atoms with van der Waals surface area (Å²) in [4.78, 5) is 11.4. The van der Waals surface area contributed by atoms with Crippen molar-refractivity contribution in [2.45, 2.75) is 10.8 Å². The Morgan fingerprint density at radius 3 is 2.60 bits per heavy atom. The summed E-state index contributed by atoms with van der Waals surface area (Å²) in [6.07, 6.45) is 0. The van der Waals surface area contributed by atoms with Gasteiger partial charge in [-0.05, 0) is 17.7 Å². The Morgan fingerprint density at radius 1 is 1.30 bits per heavy atom. The summed E-state index contributed by atoms with van der Waals surface area (Å²) in [6.45, 7) is 0. The maximum atomic E-state index is 11.4. The first-order chi connectivity index (χ1) is 9.63. The molecule has 0 aliphatic carbocycles. The van der Waals surface area contributed by atoms with Gasteiger partial charge in [0.2, 0.25) is 0 Å². The zero-order chi connectivity index (χ0) is 14.5. The van der Waals surface area contributed by atoms with Crippen molar-refractivity contribution in [2.24, 2.45) is 7.05 Å². The molecule has 0 fully saturated rings. The van der Waals surface area contributed by atoms with Crippen LogP contribution in [0.1, 0.15) is 16.1 Å². The van der Waals surface area contributed by atoms with Crippen LogP contribution in [-0.2, 0) is 17.5 Å². The summed E-state index contributed by atoms with van der Waals surface area (Å²) in [5.74, 6) is 1.22. The summed E-state index contributed by atoms with van der Waals surface area (Å²) < 4.78 is 11.5. The molecule has 0 radical (unpaired) electrons. The van der Waals surface area contributed by atoms with E-state index in [9.17, 15) is 4.79 Å². The molecule has 1 aromatic carbocycles. The topological polar surface area (TPSA) is 53.4 Å². The average Bonchev–Trinajstić information content (AvgIpc) is 2.86. The molecule has 0 bridgehead atoms. The van der Waals surface area contributed by atoms with Crippen molar-refractivity contribution in [1.29, 1.82) is 0 Å². The summed E-state index contributed by atoms with van der Waals surface area (Å²) in [5, 5.41) is 5.04. The van der Waals surface area contributed by atoms with Crippen LogP contribution in [0.25, 0.3) is 0 Å². The number of ether oxygens (including phenoxy) is 2. The largest absolute Gasteiger partial charge is 0.497 e. The van der Waals surface area contributed by atoms with Crippen LogP contribution in [-0.4, -0.2) is 30.0 Å². The lowest BCUT2D eigenvalue weighted by molar-refractivity contribution is 0.0593. The van der Waals surface area contributed by atoms with E-state index < -0.39 is 5.97 Å². The van der Waals surface area contributed by atoms with E-state index in [-0.39, 0.29) is 0 Å². The van der Waals surface area contributed by atoms with E-state index in [2.05, 4.69) is 9.84 Å². The van der Waals surface area contributed by atoms with Crippen molar-refractivity contribution in [3.8, 4) is 5.75 Å². The highest BCUT2D eigenvalue weighted by molar-refractivity contribution is 7.98. The number of esters is 1. The molecule has 0 saturated heterocycles. The van der Waals surface area contributed by atoms with Gasteiger partial charge in [-0.25, -0.2) is 4.79 Å². The molecule has 5 nitrogen and oxygen atoms in total. The zero-order valence-electron chi connectivity index (χ0n) is 11.6. The highest BCUT2D eigenvalue weighted by Crippen LogP contribution is 2.24. The quantitative estimate of drug-likeness (QED) is 0.626. The molecular weight excluding hydrogens is 276 g/mol. The van der Waals surface area contributed by atoms with Gasteiger partial charge < -0.3 is 9.47 Å². The third-order valence-electron chi connectivity index (χ3n) is 2.78. The van der Waals surface area contributed by atoms with E-state index >= 15 is 0 Å². The maximum absolute atomic E-state index is 11.4. The Bertz CT molecular complexity index is 593. The van der Waals surface area contributed by atoms with Gasteiger partial charge >= 0.3 is 5.97 Å². The van der Waals surface area contributed by atoms with Crippen LogP contribution >= 0.6 is 11.8 Å². The lowest BCUT2D eigenvalue weighted by Crippen LogP contribution is -2.02. The van der Waals surface area contributed by atoms with Crippen LogP contribution in [0.3, 0.4) is 0 Å². The molecule has 1 aromatic heterocycles. The fraction of sp³-hybridized carbons (Fsp3) is 0.286. The normalized spacial score (nSPS) is 10.3. The molecule has 1 heterocycles. The van der Waals surface area contributed by atoms with Crippen LogP contribution < -0.4 is 4.74 Å². The molecule has 0 N–H and O–H groups in total. The first-order valence-electron chi connectivity index (χ1n) is 6.02. The van der Waals surface area contributed by atoms with E-state index in [0.29, 0.717) is 5.69 Å². The first-order valence-corrected chi connectivity index (χ1v) is 7.00. The van der Waals surface area contributed by atoms with Crippen molar-refractivity contribution < 1.29 is 14.3 Å². The third-order valence-corrected chi connectivity index (χ3v) is 3.93. The molecule has 6 heteroatoms. The number of carbonyl (C=O) groups is 1. The Kier molecular flexibility index (Phi) is 4.68. The fourth-order valence-corrected chi connectivity index (χ4v) is 2.60.